The van der Waals surface area contributed by atoms with E-state index in [1.165, 1.54) is 0 Å². The Morgan fingerprint density at radius 2 is 1.64 bits per heavy atom. The summed E-state index contributed by atoms with van der Waals surface area (Å²) in [6, 6.07) is 0. The maximum atomic E-state index is 13.1. The Morgan fingerprint density at radius 3 is 2.08 bits per heavy atom. The summed E-state index contributed by atoms with van der Waals surface area (Å²) >= 11 is 0. The van der Waals surface area contributed by atoms with Crippen LogP contribution in [0.4, 0.5) is 13.2 Å². The van der Waals surface area contributed by atoms with E-state index in [1.54, 1.807) is 0 Å². The molecule has 0 spiro atoms. The number of carbonyl (C=O) groups is 1. The molecule has 0 aromatic rings. The van der Waals surface area contributed by atoms with Crippen molar-refractivity contribution in [2.75, 3.05) is 0 Å². The molecule has 1 unspecified atom stereocenters. The highest BCUT2D eigenvalue weighted by molar-refractivity contribution is 6.69. The highest BCUT2D eigenvalue weighted by Gasteiger charge is 2.47. The van der Waals surface area contributed by atoms with Gasteiger partial charge in [-0.15, -0.1) is 0 Å². The summed E-state index contributed by atoms with van der Waals surface area (Å²) < 4.78 is 51.3. The van der Waals surface area contributed by atoms with Gasteiger partial charge in [-0.3, -0.25) is 4.79 Å². The normalized spacial score (nSPS) is 20.8. The molecular weight excluding hydrogens is 365 g/mol. The monoisotopic (exact) mass is 398 g/mol. The minimum atomic E-state index is -4.53. The van der Waals surface area contributed by atoms with Crippen molar-refractivity contribution < 1.29 is 26.5 Å². The minimum absolute atomic E-state index is 0.0667. The van der Waals surface area contributed by atoms with E-state index < -0.39 is 42.3 Å². The van der Waals surface area contributed by atoms with Gasteiger partial charge >= 0.3 is 14.7 Å². The standard InChI is InChI=1S/C17H33F3O3Si2/c1-12(17(18,19)20)14(21)15(13-10-8-7-9-11-13)22-25(5,6)23-24-16(2,3)4/h12-13,15H,7-11,24H2,1-6H3/t12?,15-/m1/s1. The summed E-state index contributed by atoms with van der Waals surface area (Å²) in [5.74, 6) is -2.96. The quantitative estimate of drug-likeness (QED) is 0.581. The lowest BCUT2D eigenvalue weighted by molar-refractivity contribution is -0.183. The number of ketones is 1. The van der Waals surface area contributed by atoms with Crippen LogP contribution in [-0.2, 0) is 13.3 Å². The van der Waals surface area contributed by atoms with E-state index in [9.17, 15) is 18.0 Å². The van der Waals surface area contributed by atoms with Crippen LogP contribution in [0, 0.1) is 11.8 Å². The zero-order valence-electron chi connectivity index (χ0n) is 16.3. The molecule has 1 aliphatic carbocycles. The number of rotatable bonds is 7. The third kappa shape index (κ3) is 7.92. The van der Waals surface area contributed by atoms with Gasteiger partial charge in [0.15, 0.2) is 15.5 Å². The smallest absolute Gasteiger partial charge is 0.398 e. The Balaban J connectivity index is 2.92. The summed E-state index contributed by atoms with van der Waals surface area (Å²) in [6.07, 6.45) is -1.06. The van der Waals surface area contributed by atoms with Crippen molar-refractivity contribution in [3.63, 3.8) is 0 Å². The van der Waals surface area contributed by atoms with Gasteiger partial charge in [0.05, 0.1) is 0 Å². The molecule has 0 amide bonds. The molecule has 1 rings (SSSR count). The largest absolute Gasteiger partial charge is 0.441 e. The van der Waals surface area contributed by atoms with Gasteiger partial charge in [0.25, 0.3) is 0 Å². The van der Waals surface area contributed by atoms with Crippen LogP contribution in [0.5, 0.6) is 0 Å². The Morgan fingerprint density at radius 1 is 1.12 bits per heavy atom. The molecule has 0 aromatic carbocycles. The summed E-state index contributed by atoms with van der Waals surface area (Å²) in [6.45, 7) is 10.9. The van der Waals surface area contributed by atoms with Crippen LogP contribution in [-0.4, -0.2) is 36.4 Å². The molecule has 1 fully saturated rings. The number of carbonyl (C=O) groups excluding carboxylic acids is 1. The summed E-state index contributed by atoms with van der Waals surface area (Å²) in [5.41, 5.74) is 0. The molecule has 0 bridgehead atoms. The molecule has 8 heteroatoms. The molecular formula is C17H33F3O3Si2. The zero-order valence-corrected chi connectivity index (χ0v) is 18.7. The van der Waals surface area contributed by atoms with E-state index in [-0.39, 0.29) is 11.0 Å². The predicted molar refractivity (Wildman–Crippen MR) is 98.5 cm³/mol. The third-order valence-electron chi connectivity index (χ3n) is 4.54. The third-order valence-corrected chi connectivity index (χ3v) is 9.59. The van der Waals surface area contributed by atoms with Gasteiger partial charge in [-0.1, -0.05) is 40.0 Å². The van der Waals surface area contributed by atoms with Crippen LogP contribution in [0.25, 0.3) is 0 Å². The SMILES string of the molecule is CC(C(=O)[C@H](O[Si](C)(C)O[SiH2]C(C)(C)C)C1CCCCC1)C(F)(F)F. The number of hydrogen-bond acceptors (Lipinski definition) is 3. The first-order chi connectivity index (χ1) is 11.2. The summed E-state index contributed by atoms with van der Waals surface area (Å²) in [5, 5.41) is 0.0667. The van der Waals surface area contributed by atoms with Crippen LogP contribution >= 0.6 is 0 Å². The van der Waals surface area contributed by atoms with Gasteiger partial charge in [0.1, 0.15) is 12.0 Å². The van der Waals surface area contributed by atoms with E-state index >= 15 is 0 Å². The Hall–Kier alpha value is -0.186. The Kier molecular flexibility index (Phi) is 7.92. The van der Waals surface area contributed by atoms with Crippen molar-refractivity contribution in [3.8, 4) is 0 Å². The van der Waals surface area contributed by atoms with E-state index in [2.05, 4.69) is 20.8 Å². The van der Waals surface area contributed by atoms with Crippen molar-refractivity contribution >= 4 is 24.1 Å². The van der Waals surface area contributed by atoms with Crippen LogP contribution < -0.4 is 0 Å². The average molecular weight is 399 g/mol. The lowest BCUT2D eigenvalue weighted by Crippen LogP contribution is -2.49. The fraction of sp³-hybridized carbons (Fsp3) is 0.941. The topological polar surface area (TPSA) is 35.5 Å². The zero-order chi connectivity index (χ0) is 19.5. The van der Waals surface area contributed by atoms with E-state index in [0.717, 1.165) is 39.0 Å². The van der Waals surface area contributed by atoms with Crippen LogP contribution in [0.2, 0.25) is 18.1 Å². The predicted octanol–water partition coefficient (Wildman–Crippen LogP) is 4.74. The molecule has 0 N–H and O–H groups in total. The number of alkyl halides is 3. The number of halogens is 3. The molecule has 1 aliphatic rings. The first-order valence-electron chi connectivity index (χ1n) is 9.15. The highest BCUT2D eigenvalue weighted by atomic mass is 28.4. The Bertz CT molecular complexity index is 441. The summed E-state index contributed by atoms with van der Waals surface area (Å²) in [4.78, 5) is 12.6. The first-order valence-corrected chi connectivity index (χ1v) is 13.3. The van der Waals surface area contributed by atoms with Gasteiger partial charge in [-0.25, -0.2) is 0 Å². The van der Waals surface area contributed by atoms with Crippen molar-refractivity contribution in [1.29, 1.82) is 0 Å². The van der Waals surface area contributed by atoms with Crippen LogP contribution in [0.3, 0.4) is 0 Å². The average Bonchev–Trinajstić information content (AvgIpc) is 2.49. The lowest BCUT2D eigenvalue weighted by atomic mass is 9.81. The van der Waals surface area contributed by atoms with Gasteiger partial charge in [0.2, 0.25) is 0 Å². The molecule has 0 radical (unpaired) electrons. The number of Topliss-reactive ketones (excluding diaryl/α,β-unsaturated/α-hetero) is 1. The fourth-order valence-electron chi connectivity index (χ4n) is 2.96. The fourth-order valence-corrected chi connectivity index (χ4v) is 7.28. The molecule has 0 saturated heterocycles. The molecule has 2 atom stereocenters. The highest BCUT2D eigenvalue weighted by Crippen LogP contribution is 2.35. The Labute approximate surface area is 153 Å². The molecule has 1 saturated carbocycles. The van der Waals surface area contributed by atoms with Crippen molar-refractivity contribution in [1.82, 2.24) is 0 Å². The van der Waals surface area contributed by atoms with Crippen LogP contribution in [0.15, 0.2) is 0 Å². The molecule has 3 nitrogen and oxygen atoms in total. The second kappa shape index (κ2) is 8.67. The second-order valence-corrected chi connectivity index (χ2v) is 15.5. The van der Waals surface area contributed by atoms with Gasteiger partial charge in [-0.05, 0) is 43.8 Å². The van der Waals surface area contributed by atoms with Crippen molar-refractivity contribution in [2.24, 2.45) is 11.8 Å². The molecule has 0 heterocycles. The van der Waals surface area contributed by atoms with Gasteiger partial charge in [0, 0.05) is 0 Å². The molecule has 148 valence electrons. The molecule has 25 heavy (non-hydrogen) atoms. The minimum Gasteiger partial charge on any atom is -0.441 e. The van der Waals surface area contributed by atoms with Gasteiger partial charge in [-0.2, -0.15) is 13.2 Å². The maximum absolute atomic E-state index is 13.1. The van der Waals surface area contributed by atoms with E-state index in [4.69, 9.17) is 8.54 Å². The van der Waals surface area contributed by atoms with Crippen molar-refractivity contribution in [3.05, 3.63) is 0 Å². The van der Waals surface area contributed by atoms with Crippen LogP contribution in [0.1, 0.15) is 59.8 Å². The maximum Gasteiger partial charge on any atom is 0.398 e. The lowest BCUT2D eigenvalue weighted by Gasteiger charge is -2.37. The number of hydrogen-bond donors (Lipinski definition) is 0. The van der Waals surface area contributed by atoms with Gasteiger partial charge < -0.3 is 8.54 Å². The second-order valence-electron chi connectivity index (χ2n) is 8.85. The van der Waals surface area contributed by atoms with E-state index in [0.29, 0.717) is 0 Å². The molecule has 0 aromatic heterocycles. The first kappa shape index (κ1) is 22.9. The van der Waals surface area contributed by atoms with E-state index in [1.807, 2.05) is 13.1 Å². The van der Waals surface area contributed by atoms with Crippen molar-refractivity contribution in [2.45, 2.75) is 90.2 Å². The summed E-state index contributed by atoms with van der Waals surface area (Å²) in [7, 11) is -3.55. The molecule has 0 aliphatic heterocycles.